The summed E-state index contributed by atoms with van der Waals surface area (Å²) in [5, 5.41) is 2.85. The maximum Gasteiger partial charge on any atom is 0.416 e. The van der Waals surface area contributed by atoms with Crippen molar-refractivity contribution in [2.75, 3.05) is 72.2 Å². The van der Waals surface area contributed by atoms with Gasteiger partial charge in [-0.2, -0.15) is 13.2 Å². The summed E-state index contributed by atoms with van der Waals surface area (Å²) >= 11 is 0. The Kier molecular flexibility index (Phi) is 11.8. The number of benzene rings is 2. The minimum absolute atomic E-state index is 0.0321. The van der Waals surface area contributed by atoms with Gasteiger partial charge >= 0.3 is 12.1 Å². The van der Waals surface area contributed by atoms with Gasteiger partial charge in [-0.15, -0.1) is 0 Å². The molecule has 0 saturated carbocycles. The van der Waals surface area contributed by atoms with Crippen LogP contribution in [0.5, 0.6) is 0 Å². The first-order valence-electron chi connectivity index (χ1n) is 10.9. The van der Waals surface area contributed by atoms with Crippen molar-refractivity contribution in [3.63, 3.8) is 0 Å². The van der Waals surface area contributed by atoms with Crippen LogP contribution in [0.1, 0.15) is 15.9 Å². The zero-order chi connectivity index (χ0) is 24.8. The zero-order valence-corrected chi connectivity index (χ0v) is 19.4. The van der Waals surface area contributed by atoms with Crippen LogP contribution >= 0.6 is 0 Å². The summed E-state index contributed by atoms with van der Waals surface area (Å²) in [6, 6.07) is 11.2. The van der Waals surface area contributed by atoms with Gasteiger partial charge in [0.1, 0.15) is 6.61 Å². The summed E-state index contributed by atoms with van der Waals surface area (Å²) in [7, 11) is 3.95. The molecular weight excluding hydrogens is 453 g/mol. The highest BCUT2D eigenvalue weighted by Gasteiger charge is 2.30. The number of anilines is 2. The minimum atomic E-state index is -4.46. The molecule has 0 amide bonds. The molecule has 0 saturated heterocycles. The van der Waals surface area contributed by atoms with Crippen molar-refractivity contribution in [3.05, 3.63) is 59.7 Å². The number of likely N-dealkylation sites (N-methyl/N-ethyl adjacent to an activating group) is 1. The summed E-state index contributed by atoms with van der Waals surface area (Å²) in [6.07, 6.45) is -4.46. The number of nitrogens with one attached hydrogen (secondary N) is 1. The molecule has 0 bridgehead atoms. The molecule has 0 heterocycles. The molecule has 34 heavy (non-hydrogen) atoms. The van der Waals surface area contributed by atoms with Gasteiger partial charge in [0.2, 0.25) is 0 Å². The van der Waals surface area contributed by atoms with E-state index in [1.807, 2.05) is 19.0 Å². The highest BCUT2D eigenvalue weighted by Crippen LogP contribution is 2.32. The number of carbonyl (C=O) groups is 1. The predicted molar refractivity (Wildman–Crippen MR) is 122 cm³/mol. The van der Waals surface area contributed by atoms with Crippen LogP contribution < -0.4 is 5.32 Å². The molecule has 10 heteroatoms. The molecule has 0 aromatic heterocycles. The van der Waals surface area contributed by atoms with Crippen molar-refractivity contribution >= 4 is 17.3 Å². The average molecular weight is 485 g/mol. The largest absolute Gasteiger partial charge is 0.460 e. The van der Waals surface area contributed by atoms with Crippen molar-refractivity contribution < 1.29 is 36.9 Å². The van der Waals surface area contributed by atoms with E-state index in [0.29, 0.717) is 38.7 Å². The third kappa shape index (κ3) is 10.5. The number of carbonyl (C=O) groups excluding carboxylic acids is 1. The first-order valence-corrected chi connectivity index (χ1v) is 10.9. The van der Waals surface area contributed by atoms with Gasteiger partial charge in [-0.3, -0.25) is 0 Å². The average Bonchev–Trinajstić information content (AvgIpc) is 2.79. The quantitative estimate of drug-likeness (QED) is 0.300. The fraction of sp³-hybridized carbons (Fsp3) is 0.458. The van der Waals surface area contributed by atoms with E-state index in [-0.39, 0.29) is 24.5 Å². The molecule has 0 aliphatic carbocycles. The van der Waals surface area contributed by atoms with E-state index < -0.39 is 17.7 Å². The molecule has 0 unspecified atom stereocenters. The Hall–Kier alpha value is -2.66. The second-order valence-corrected chi connectivity index (χ2v) is 7.53. The number of rotatable bonds is 15. The number of esters is 1. The van der Waals surface area contributed by atoms with Crippen molar-refractivity contribution in [2.24, 2.45) is 0 Å². The number of ether oxygens (including phenoxy) is 4. The summed E-state index contributed by atoms with van der Waals surface area (Å²) in [5.41, 5.74) is -0.0245. The van der Waals surface area contributed by atoms with Crippen LogP contribution in [0.25, 0.3) is 0 Å². The fourth-order valence-corrected chi connectivity index (χ4v) is 2.76. The molecule has 0 atom stereocenters. The van der Waals surface area contributed by atoms with Gasteiger partial charge in [0.05, 0.1) is 56.5 Å². The Morgan fingerprint density at radius 2 is 1.47 bits per heavy atom. The van der Waals surface area contributed by atoms with E-state index in [1.165, 1.54) is 18.2 Å². The second kappa shape index (κ2) is 14.6. The molecule has 2 rings (SSSR count). The molecular formula is C24H31F3N2O5. The van der Waals surface area contributed by atoms with Gasteiger partial charge in [0, 0.05) is 12.2 Å². The van der Waals surface area contributed by atoms with E-state index in [0.717, 1.165) is 18.7 Å². The Balaban J connectivity index is 1.69. The van der Waals surface area contributed by atoms with Crippen molar-refractivity contribution in [2.45, 2.75) is 6.18 Å². The van der Waals surface area contributed by atoms with Gasteiger partial charge in [-0.05, 0) is 44.4 Å². The van der Waals surface area contributed by atoms with E-state index in [9.17, 15) is 18.0 Å². The number of halogens is 3. The maximum absolute atomic E-state index is 12.9. The van der Waals surface area contributed by atoms with Crippen LogP contribution in [0.3, 0.4) is 0 Å². The van der Waals surface area contributed by atoms with Gasteiger partial charge in [-0.25, -0.2) is 4.79 Å². The first kappa shape index (κ1) is 27.6. The highest BCUT2D eigenvalue weighted by atomic mass is 19.4. The Bertz CT molecular complexity index is 878. The van der Waals surface area contributed by atoms with Crippen molar-refractivity contribution in [3.8, 4) is 0 Å². The van der Waals surface area contributed by atoms with Crippen LogP contribution in [0.2, 0.25) is 0 Å². The Morgan fingerprint density at radius 1 is 0.853 bits per heavy atom. The normalized spacial score (nSPS) is 11.6. The molecule has 0 aliphatic rings. The van der Waals surface area contributed by atoms with Crippen LogP contribution in [0.15, 0.2) is 48.5 Å². The molecule has 2 aromatic carbocycles. The van der Waals surface area contributed by atoms with E-state index in [4.69, 9.17) is 18.9 Å². The van der Waals surface area contributed by atoms with Gasteiger partial charge in [0.25, 0.3) is 0 Å². The molecule has 188 valence electrons. The van der Waals surface area contributed by atoms with Crippen molar-refractivity contribution in [1.29, 1.82) is 0 Å². The standard InChI is InChI=1S/C24H31F3N2O5/c1-29(2)10-11-31-12-13-32-14-15-33-16-17-34-23(30)21-8-3-4-9-22(21)28-20-7-5-6-19(18-20)24(25,26)27/h3-9,18,28H,10-17H2,1-2H3. The SMILES string of the molecule is CN(C)CCOCCOCCOCCOC(=O)c1ccccc1Nc1cccc(C(F)(F)F)c1. The summed E-state index contributed by atoms with van der Waals surface area (Å²) < 4.78 is 60.2. The highest BCUT2D eigenvalue weighted by molar-refractivity contribution is 5.96. The number of para-hydroxylation sites is 1. The van der Waals surface area contributed by atoms with Gasteiger partial charge < -0.3 is 29.2 Å². The molecule has 1 N–H and O–H groups in total. The van der Waals surface area contributed by atoms with E-state index in [1.54, 1.807) is 18.2 Å². The number of hydrogen-bond donors (Lipinski definition) is 1. The van der Waals surface area contributed by atoms with Crippen molar-refractivity contribution in [1.82, 2.24) is 4.90 Å². The molecule has 0 fully saturated rings. The van der Waals surface area contributed by atoms with Crippen LogP contribution in [-0.2, 0) is 25.1 Å². The molecule has 2 aromatic rings. The second-order valence-electron chi connectivity index (χ2n) is 7.53. The number of alkyl halides is 3. The van der Waals surface area contributed by atoms with E-state index in [2.05, 4.69) is 5.32 Å². The first-order chi connectivity index (χ1) is 16.3. The molecule has 0 aliphatic heterocycles. The molecule has 0 radical (unpaired) electrons. The fourth-order valence-electron chi connectivity index (χ4n) is 2.76. The third-order valence-corrected chi connectivity index (χ3v) is 4.50. The lowest BCUT2D eigenvalue weighted by atomic mass is 10.1. The zero-order valence-electron chi connectivity index (χ0n) is 19.4. The lowest BCUT2D eigenvalue weighted by Crippen LogP contribution is -2.19. The summed E-state index contributed by atoms with van der Waals surface area (Å²) in [6.45, 7) is 3.46. The van der Waals surface area contributed by atoms with Crippen LogP contribution in [0, 0.1) is 0 Å². The Labute approximate surface area is 197 Å². The monoisotopic (exact) mass is 484 g/mol. The Morgan fingerprint density at radius 3 is 2.12 bits per heavy atom. The minimum Gasteiger partial charge on any atom is -0.460 e. The van der Waals surface area contributed by atoms with E-state index >= 15 is 0 Å². The topological polar surface area (TPSA) is 69.3 Å². The molecule has 7 nitrogen and oxygen atoms in total. The lowest BCUT2D eigenvalue weighted by Gasteiger charge is -2.13. The van der Waals surface area contributed by atoms with Gasteiger partial charge in [-0.1, -0.05) is 18.2 Å². The lowest BCUT2D eigenvalue weighted by molar-refractivity contribution is -0.137. The summed E-state index contributed by atoms with van der Waals surface area (Å²) in [4.78, 5) is 14.5. The predicted octanol–water partition coefficient (Wildman–Crippen LogP) is 4.22. The van der Waals surface area contributed by atoms with Crippen LogP contribution in [0.4, 0.5) is 24.5 Å². The third-order valence-electron chi connectivity index (χ3n) is 4.50. The maximum atomic E-state index is 12.9. The van der Waals surface area contributed by atoms with Crippen LogP contribution in [-0.4, -0.2) is 77.8 Å². The smallest absolute Gasteiger partial charge is 0.416 e. The number of nitrogens with zero attached hydrogens (tertiary/aromatic N) is 1. The molecule has 0 spiro atoms. The number of hydrogen-bond acceptors (Lipinski definition) is 7. The van der Waals surface area contributed by atoms with Gasteiger partial charge in [0.15, 0.2) is 0 Å². The summed E-state index contributed by atoms with van der Waals surface area (Å²) in [5.74, 6) is -0.607.